The topological polar surface area (TPSA) is 89.3 Å². The maximum absolute atomic E-state index is 13.9. The Morgan fingerprint density at radius 1 is 1.05 bits per heavy atom. The lowest BCUT2D eigenvalue weighted by atomic mass is 9.74. The van der Waals surface area contributed by atoms with Gasteiger partial charge in [-0.05, 0) is 73.2 Å². The summed E-state index contributed by atoms with van der Waals surface area (Å²) in [7, 11) is 0. The molecule has 1 spiro atoms. The van der Waals surface area contributed by atoms with Gasteiger partial charge in [-0.3, -0.25) is 4.79 Å². The Labute approximate surface area is 218 Å². The standard InChI is InChI=1S/C30H37N5O2/c36-28(35-16-13-30(14-17-35)12-11-21-6-1-3-9-25(21)30)27(34-29(37)33-23-7-5-15-31-20-23)18-22-19-32-26-10-4-2-8-24(22)26/h1-4,6,8-10,19,23,27,31-32H,5,7,11-18,20H2,(H2,33,34,37)/t23-,27-/m1/s1. The molecule has 0 unspecified atom stereocenters. The summed E-state index contributed by atoms with van der Waals surface area (Å²) in [4.78, 5) is 32.2. The summed E-state index contributed by atoms with van der Waals surface area (Å²) >= 11 is 0. The van der Waals surface area contributed by atoms with Gasteiger partial charge in [0.1, 0.15) is 6.04 Å². The minimum Gasteiger partial charge on any atom is -0.361 e. The maximum atomic E-state index is 13.9. The molecule has 194 valence electrons. The van der Waals surface area contributed by atoms with E-state index in [1.54, 1.807) is 0 Å². The summed E-state index contributed by atoms with van der Waals surface area (Å²) in [5, 5.41) is 10.6. The number of nitrogens with zero attached hydrogens (tertiary/aromatic N) is 1. The molecule has 3 aromatic rings. The summed E-state index contributed by atoms with van der Waals surface area (Å²) in [5.41, 5.74) is 5.23. The van der Waals surface area contributed by atoms with Gasteiger partial charge >= 0.3 is 6.03 Å². The highest BCUT2D eigenvalue weighted by molar-refractivity contribution is 5.89. The Morgan fingerprint density at radius 2 is 1.86 bits per heavy atom. The van der Waals surface area contributed by atoms with Gasteiger partial charge in [0.05, 0.1) is 0 Å². The molecule has 2 aromatic carbocycles. The van der Waals surface area contributed by atoms with Crippen LogP contribution in [0.15, 0.2) is 54.7 Å². The van der Waals surface area contributed by atoms with Crippen molar-refractivity contribution in [1.29, 1.82) is 0 Å². The minimum absolute atomic E-state index is 0.0170. The first kappa shape index (κ1) is 24.0. The number of piperidine rings is 2. The van der Waals surface area contributed by atoms with Crippen LogP contribution in [0.2, 0.25) is 0 Å². The molecule has 37 heavy (non-hydrogen) atoms. The molecule has 6 rings (SSSR count). The minimum atomic E-state index is -0.610. The van der Waals surface area contributed by atoms with Crippen LogP contribution in [0.25, 0.3) is 10.9 Å². The van der Waals surface area contributed by atoms with Gasteiger partial charge in [-0.25, -0.2) is 4.79 Å². The fourth-order valence-corrected chi connectivity index (χ4v) is 6.74. The number of aromatic amines is 1. The zero-order valence-electron chi connectivity index (χ0n) is 21.4. The van der Waals surface area contributed by atoms with E-state index in [4.69, 9.17) is 0 Å². The van der Waals surface area contributed by atoms with Gasteiger partial charge < -0.3 is 25.8 Å². The number of carbonyl (C=O) groups excluding carboxylic acids is 2. The largest absolute Gasteiger partial charge is 0.361 e. The molecule has 4 N–H and O–H groups in total. The normalized spacial score (nSPS) is 21.5. The quantitative estimate of drug-likeness (QED) is 0.432. The van der Waals surface area contributed by atoms with Gasteiger partial charge in [0.2, 0.25) is 5.91 Å². The van der Waals surface area contributed by atoms with E-state index in [2.05, 4.69) is 51.3 Å². The predicted molar refractivity (Wildman–Crippen MR) is 146 cm³/mol. The van der Waals surface area contributed by atoms with Gasteiger partial charge in [-0.15, -0.1) is 0 Å². The summed E-state index contributed by atoms with van der Waals surface area (Å²) in [6.45, 7) is 3.22. The SMILES string of the molecule is O=C(N[C@@H]1CCCNC1)N[C@H](Cc1c[nH]c2ccccc12)C(=O)N1CCC2(CCc3ccccc32)CC1. The molecule has 7 heteroatoms. The number of fused-ring (bicyclic) bond motifs is 3. The average molecular weight is 500 g/mol. The molecule has 0 radical (unpaired) electrons. The highest BCUT2D eigenvalue weighted by Crippen LogP contribution is 2.46. The van der Waals surface area contributed by atoms with Crippen molar-refractivity contribution in [3.05, 3.63) is 71.4 Å². The molecule has 2 fully saturated rings. The van der Waals surface area contributed by atoms with Crippen molar-refractivity contribution in [3.8, 4) is 0 Å². The van der Waals surface area contributed by atoms with Crippen molar-refractivity contribution in [3.63, 3.8) is 0 Å². The molecule has 2 aliphatic heterocycles. The number of carbonyl (C=O) groups is 2. The molecule has 1 aromatic heterocycles. The van der Waals surface area contributed by atoms with Crippen LogP contribution in [0.1, 0.15) is 48.8 Å². The van der Waals surface area contributed by atoms with E-state index in [0.29, 0.717) is 6.42 Å². The predicted octanol–water partition coefficient (Wildman–Crippen LogP) is 3.64. The number of H-pyrrole nitrogens is 1. The molecule has 0 bridgehead atoms. The Morgan fingerprint density at radius 3 is 2.70 bits per heavy atom. The van der Waals surface area contributed by atoms with E-state index in [9.17, 15) is 9.59 Å². The van der Waals surface area contributed by atoms with Gasteiger partial charge in [0, 0.05) is 49.2 Å². The zero-order valence-corrected chi connectivity index (χ0v) is 21.4. The summed E-state index contributed by atoms with van der Waals surface area (Å²) in [6.07, 6.45) is 8.69. The Balaban J connectivity index is 1.18. The van der Waals surface area contributed by atoms with E-state index in [0.717, 1.165) is 74.7 Å². The van der Waals surface area contributed by atoms with Gasteiger partial charge in [0.25, 0.3) is 0 Å². The fraction of sp³-hybridized carbons (Fsp3) is 0.467. The molecule has 7 nitrogen and oxygen atoms in total. The molecular weight excluding hydrogens is 462 g/mol. The van der Waals surface area contributed by atoms with Crippen molar-refractivity contribution >= 4 is 22.8 Å². The summed E-state index contributed by atoms with van der Waals surface area (Å²) in [5.74, 6) is 0.0170. The Hall–Kier alpha value is -3.32. The van der Waals surface area contributed by atoms with Crippen LogP contribution < -0.4 is 16.0 Å². The van der Waals surface area contributed by atoms with E-state index >= 15 is 0 Å². The number of aryl methyl sites for hydroxylation is 1. The highest BCUT2D eigenvalue weighted by atomic mass is 16.2. The van der Waals surface area contributed by atoms with Gasteiger partial charge in [0.15, 0.2) is 0 Å². The van der Waals surface area contributed by atoms with Crippen molar-refractivity contribution in [2.45, 2.75) is 62.4 Å². The molecule has 1 aliphatic carbocycles. The van der Waals surface area contributed by atoms with Crippen molar-refractivity contribution in [1.82, 2.24) is 25.8 Å². The van der Waals surface area contributed by atoms with Gasteiger partial charge in [-0.1, -0.05) is 42.5 Å². The third-order valence-electron chi connectivity index (χ3n) is 8.83. The number of urea groups is 1. The number of amides is 3. The van der Waals surface area contributed by atoms with Crippen molar-refractivity contribution < 1.29 is 9.59 Å². The molecule has 2 saturated heterocycles. The lowest BCUT2D eigenvalue weighted by Crippen LogP contribution is -2.57. The molecular formula is C30H37N5O2. The Bertz CT molecular complexity index is 1270. The highest BCUT2D eigenvalue weighted by Gasteiger charge is 2.42. The third kappa shape index (κ3) is 4.85. The number of rotatable bonds is 5. The number of benzene rings is 2. The van der Waals surface area contributed by atoms with Crippen LogP contribution in [0.4, 0.5) is 4.79 Å². The third-order valence-corrected chi connectivity index (χ3v) is 8.83. The fourth-order valence-electron chi connectivity index (χ4n) is 6.74. The summed E-state index contributed by atoms with van der Waals surface area (Å²) < 4.78 is 0. The lowest BCUT2D eigenvalue weighted by Gasteiger charge is -2.41. The van der Waals surface area contributed by atoms with E-state index in [-0.39, 0.29) is 23.4 Å². The maximum Gasteiger partial charge on any atom is 0.315 e. The number of aromatic nitrogens is 1. The molecule has 2 atom stereocenters. The van der Waals surface area contributed by atoms with Crippen LogP contribution in [0.5, 0.6) is 0 Å². The Kier molecular flexibility index (Phi) is 6.63. The molecule has 0 saturated carbocycles. The number of para-hydroxylation sites is 1. The smallest absolute Gasteiger partial charge is 0.315 e. The van der Waals surface area contributed by atoms with Crippen molar-refractivity contribution in [2.75, 3.05) is 26.2 Å². The first-order chi connectivity index (χ1) is 18.1. The first-order valence-corrected chi connectivity index (χ1v) is 13.8. The monoisotopic (exact) mass is 499 g/mol. The summed E-state index contributed by atoms with van der Waals surface area (Å²) in [6, 6.07) is 16.1. The molecule has 3 aliphatic rings. The van der Waals surface area contributed by atoms with Crippen LogP contribution >= 0.6 is 0 Å². The van der Waals surface area contributed by atoms with Crippen LogP contribution in [-0.4, -0.2) is 60.1 Å². The molecule has 3 heterocycles. The second-order valence-corrected chi connectivity index (χ2v) is 11.0. The first-order valence-electron chi connectivity index (χ1n) is 13.8. The number of hydrogen-bond acceptors (Lipinski definition) is 3. The average Bonchev–Trinajstić information content (AvgIpc) is 3.51. The number of likely N-dealkylation sites (tertiary alicyclic amines) is 1. The van der Waals surface area contributed by atoms with Gasteiger partial charge in [-0.2, -0.15) is 0 Å². The second kappa shape index (κ2) is 10.2. The lowest BCUT2D eigenvalue weighted by molar-refractivity contribution is -0.134. The molecule has 3 amide bonds. The number of nitrogens with one attached hydrogen (secondary N) is 4. The zero-order chi connectivity index (χ0) is 25.2. The number of hydrogen-bond donors (Lipinski definition) is 4. The second-order valence-electron chi connectivity index (χ2n) is 11.0. The van der Waals surface area contributed by atoms with Crippen LogP contribution in [0, 0.1) is 0 Å². The van der Waals surface area contributed by atoms with E-state index < -0.39 is 6.04 Å². The van der Waals surface area contributed by atoms with Crippen LogP contribution in [0.3, 0.4) is 0 Å². The van der Waals surface area contributed by atoms with Crippen LogP contribution in [-0.2, 0) is 23.1 Å². The van der Waals surface area contributed by atoms with E-state index in [1.807, 2.05) is 29.3 Å². The van der Waals surface area contributed by atoms with Crippen molar-refractivity contribution in [2.24, 2.45) is 0 Å². The van der Waals surface area contributed by atoms with E-state index in [1.165, 1.54) is 17.5 Å².